The number of amides is 1. The van der Waals surface area contributed by atoms with Crippen molar-refractivity contribution >= 4 is 39.1 Å². The molecule has 0 aliphatic heterocycles. The van der Waals surface area contributed by atoms with E-state index in [-0.39, 0.29) is 11.8 Å². The first kappa shape index (κ1) is 15.3. The number of aromatic nitrogens is 1. The van der Waals surface area contributed by atoms with Gasteiger partial charge < -0.3 is 5.32 Å². The van der Waals surface area contributed by atoms with Crippen LogP contribution in [-0.4, -0.2) is 10.9 Å². The van der Waals surface area contributed by atoms with Crippen LogP contribution in [0.3, 0.4) is 0 Å². The molecule has 2 fully saturated rings. The Morgan fingerprint density at radius 2 is 2.00 bits per heavy atom. The molecule has 5 heteroatoms. The highest BCUT2D eigenvalue weighted by atomic mass is 79.9. The van der Waals surface area contributed by atoms with Gasteiger partial charge >= 0.3 is 0 Å². The molecular formula is C16H20BrClN2O. The van der Waals surface area contributed by atoms with Crippen LogP contribution in [0.1, 0.15) is 44.9 Å². The molecule has 0 spiro atoms. The molecule has 3 nitrogen and oxygen atoms in total. The molecule has 3 atom stereocenters. The summed E-state index contributed by atoms with van der Waals surface area (Å²) in [6.07, 6.45) is 10.3. The second-order valence-electron chi connectivity index (χ2n) is 6.30. The largest absolute Gasteiger partial charge is 0.324 e. The summed E-state index contributed by atoms with van der Waals surface area (Å²) in [5.74, 6) is 1.92. The predicted molar refractivity (Wildman–Crippen MR) is 88.4 cm³/mol. The summed E-state index contributed by atoms with van der Waals surface area (Å²) in [5.41, 5.74) is 0.710. The maximum atomic E-state index is 12.5. The van der Waals surface area contributed by atoms with E-state index in [0.717, 1.165) is 24.7 Å². The molecule has 0 bridgehead atoms. The predicted octanol–water partition coefficient (Wildman–Crippen LogP) is 5.04. The Morgan fingerprint density at radius 3 is 2.76 bits per heavy atom. The molecule has 0 radical (unpaired) electrons. The van der Waals surface area contributed by atoms with Crippen molar-refractivity contribution in [2.24, 2.45) is 17.8 Å². The molecular weight excluding hydrogens is 352 g/mol. The maximum Gasteiger partial charge on any atom is 0.227 e. The van der Waals surface area contributed by atoms with Crippen LogP contribution in [0, 0.1) is 17.8 Å². The van der Waals surface area contributed by atoms with Gasteiger partial charge in [0.1, 0.15) is 5.15 Å². The number of fused-ring (bicyclic) bond motifs is 1. The highest BCUT2D eigenvalue weighted by Crippen LogP contribution is 2.42. The monoisotopic (exact) mass is 370 g/mol. The number of nitrogens with zero attached hydrogens (tertiary/aromatic N) is 1. The summed E-state index contributed by atoms with van der Waals surface area (Å²) in [4.78, 5) is 16.5. The number of pyridine rings is 1. The van der Waals surface area contributed by atoms with Crippen molar-refractivity contribution < 1.29 is 4.79 Å². The van der Waals surface area contributed by atoms with Crippen molar-refractivity contribution in [2.45, 2.75) is 44.9 Å². The lowest BCUT2D eigenvalue weighted by Gasteiger charge is -2.38. The average Bonchev–Trinajstić information content (AvgIpc) is 2.50. The third kappa shape index (κ3) is 3.59. The second kappa shape index (κ2) is 6.66. The summed E-state index contributed by atoms with van der Waals surface area (Å²) >= 11 is 9.20. The smallest absolute Gasteiger partial charge is 0.227 e. The molecule has 0 aromatic carbocycles. The quantitative estimate of drug-likeness (QED) is 0.740. The fourth-order valence-corrected chi connectivity index (χ4v) is 4.30. The van der Waals surface area contributed by atoms with Crippen LogP contribution in [0.2, 0.25) is 5.15 Å². The highest BCUT2D eigenvalue weighted by molar-refractivity contribution is 9.10. The van der Waals surface area contributed by atoms with Gasteiger partial charge in [0.2, 0.25) is 5.91 Å². The van der Waals surface area contributed by atoms with Gasteiger partial charge in [0.15, 0.2) is 0 Å². The summed E-state index contributed by atoms with van der Waals surface area (Å²) in [6, 6.07) is 1.81. The van der Waals surface area contributed by atoms with E-state index in [1.165, 1.54) is 32.1 Å². The Balaban J connectivity index is 1.61. The van der Waals surface area contributed by atoms with Crippen LogP contribution in [-0.2, 0) is 4.79 Å². The zero-order chi connectivity index (χ0) is 14.8. The van der Waals surface area contributed by atoms with E-state index in [1.54, 1.807) is 12.3 Å². The van der Waals surface area contributed by atoms with E-state index in [0.29, 0.717) is 15.3 Å². The van der Waals surface area contributed by atoms with Gasteiger partial charge in [-0.15, -0.1) is 0 Å². The Hall–Kier alpha value is -0.610. The van der Waals surface area contributed by atoms with Gasteiger partial charge in [0, 0.05) is 5.92 Å². The molecule has 1 heterocycles. The zero-order valence-electron chi connectivity index (χ0n) is 11.9. The van der Waals surface area contributed by atoms with E-state index < -0.39 is 0 Å². The topological polar surface area (TPSA) is 42.0 Å². The number of carbonyl (C=O) groups excluding carboxylic acids is 1. The van der Waals surface area contributed by atoms with Crippen molar-refractivity contribution in [3.05, 3.63) is 21.9 Å². The lowest BCUT2D eigenvalue weighted by molar-refractivity contribution is -0.122. The van der Waals surface area contributed by atoms with Gasteiger partial charge in [-0.2, -0.15) is 0 Å². The Labute approximate surface area is 139 Å². The summed E-state index contributed by atoms with van der Waals surface area (Å²) in [5, 5.41) is 3.40. The number of anilines is 1. The van der Waals surface area contributed by atoms with Gasteiger partial charge in [-0.3, -0.25) is 4.79 Å². The Bertz CT molecular complexity index is 537. The molecule has 1 aromatic heterocycles. The number of halogens is 2. The molecule has 114 valence electrons. The van der Waals surface area contributed by atoms with Gasteiger partial charge in [0.25, 0.3) is 0 Å². The SMILES string of the molecule is O=C(Nc1cnc(Cl)c(Br)c1)C1CCC2CCCCC2C1. The van der Waals surface area contributed by atoms with Crippen molar-refractivity contribution in [2.75, 3.05) is 5.32 Å². The van der Waals surface area contributed by atoms with Gasteiger partial charge in [-0.05, 0) is 53.1 Å². The number of rotatable bonds is 2. The molecule has 1 aromatic rings. The summed E-state index contributed by atoms with van der Waals surface area (Å²) in [6.45, 7) is 0. The van der Waals surface area contributed by atoms with Crippen molar-refractivity contribution in [1.82, 2.24) is 4.98 Å². The maximum absolute atomic E-state index is 12.5. The minimum Gasteiger partial charge on any atom is -0.324 e. The molecule has 0 saturated heterocycles. The highest BCUT2D eigenvalue weighted by Gasteiger charge is 2.34. The van der Waals surface area contributed by atoms with Gasteiger partial charge in [-0.1, -0.05) is 37.3 Å². The molecule has 3 rings (SSSR count). The first-order valence-electron chi connectivity index (χ1n) is 7.75. The number of hydrogen-bond acceptors (Lipinski definition) is 2. The van der Waals surface area contributed by atoms with Crippen LogP contribution in [0.5, 0.6) is 0 Å². The van der Waals surface area contributed by atoms with E-state index in [4.69, 9.17) is 11.6 Å². The van der Waals surface area contributed by atoms with Gasteiger partial charge in [-0.25, -0.2) is 4.98 Å². The fraction of sp³-hybridized carbons (Fsp3) is 0.625. The fourth-order valence-electron chi connectivity index (χ4n) is 3.85. The van der Waals surface area contributed by atoms with E-state index in [1.807, 2.05) is 0 Å². The molecule has 1 N–H and O–H groups in total. The molecule has 2 aliphatic carbocycles. The van der Waals surface area contributed by atoms with E-state index in [9.17, 15) is 4.79 Å². The first-order valence-corrected chi connectivity index (χ1v) is 8.92. The van der Waals surface area contributed by atoms with E-state index >= 15 is 0 Å². The Kier molecular flexibility index (Phi) is 4.85. The van der Waals surface area contributed by atoms with Crippen molar-refractivity contribution in [1.29, 1.82) is 0 Å². The average molecular weight is 372 g/mol. The number of nitrogens with one attached hydrogen (secondary N) is 1. The van der Waals surface area contributed by atoms with Crippen LogP contribution < -0.4 is 5.32 Å². The van der Waals surface area contributed by atoms with E-state index in [2.05, 4.69) is 26.2 Å². The normalized spacial score (nSPS) is 28.8. The number of hydrogen-bond donors (Lipinski definition) is 1. The Morgan fingerprint density at radius 1 is 1.24 bits per heavy atom. The van der Waals surface area contributed by atoms with Gasteiger partial charge in [0.05, 0.1) is 16.4 Å². The summed E-state index contributed by atoms with van der Waals surface area (Å²) < 4.78 is 0.706. The zero-order valence-corrected chi connectivity index (χ0v) is 14.3. The van der Waals surface area contributed by atoms with Crippen molar-refractivity contribution in [3.8, 4) is 0 Å². The molecule has 2 saturated carbocycles. The first-order chi connectivity index (χ1) is 10.1. The number of carbonyl (C=O) groups is 1. The minimum atomic E-state index is 0.134. The van der Waals surface area contributed by atoms with Crippen molar-refractivity contribution in [3.63, 3.8) is 0 Å². The van der Waals surface area contributed by atoms with Crippen LogP contribution >= 0.6 is 27.5 Å². The standard InChI is InChI=1S/C16H20BrClN2O/c17-14-8-13(9-19-15(14)18)20-16(21)12-6-5-10-3-1-2-4-11(10)7-12/h8-12H,1-7H2,(H,20,21). The molecule has 1 amide bonds. The third-order valence-electron chi connectivity index (χ3n) is 4.97. The minimum absolute atomic E-state index is 0.134. The van der Waals surface area contributed by atoms with Crippen LogP contribution in [0.4, 0.5) is 5.69 Å². The molecule has 2 aliphatic rings. The van der Waals surface area contributed by atoms with Crippen LogP contribution in [0.25, 0.3) is 0 Å². The third-order valence-corrected chi connectivity index (χ3v) is 6.11. The second-order valence-corrected chi connectivity index (χ2v) is 7.51. The molecule has 21 heavy (non-hydrogen) atoms. The summed E-state index contributed by atoms with van der Waals surface area (Å²) in [7, 11) is 0. The van der Waals surface area contributed by atoms with Crippen LogP contribution in [0.15, 0.2) is 16.7 Å². The lowest BCUT2D eigenvalue weighted by Crippen LogP contribution is -2.33. The molecule has 3 unspecified atom stereocenters. The lowest BCUT2D eigenvalue weighted by atomic mass is 9.67.